The van der Waals surface area contributed by atoms with Gasteiger partial charge in [-0.25, -0.2) is 24.0 Å². The van der Waals surface area contributed by atoms with E-state index in [1.807, 2.05) is 0 Å². The highest BCUT2D eigenvalue weighted by Crippen LogP contribution is 2.28. The minimum absolute atomic E-state index is 0.0247. The molecule has 0 unspecified atom stereocenters. The Labute approximate surface area is 391 Å². The van der Waals surface area contributed by atoms with Gasteiger partial charge >= 0.3 is 35.8 Å². The summed E-state index contributed by atoms with van der Waals surface area (Å²) in [5.41, 5.74) is 0.327. The Morgan fingerprint density at radius 2 is 0.955 bits per heavy atom. The number of benzene rings is 3. The topological polar surface area (TPSA) is 189 Å². The zero-order chi connectivity index (χ0) is 47.9. The van der Waals surface area contributed by atoms with Crippen LogP contribution >= 0.6 is 0 Å². The fraction of sp³-hybridized carbons (Fsp3) is 0.385. The van der Waals surface area contributed by atoms with E-state index in [4.69, 9.17) is 42.3 Å². The molecule has 0 fully saturated rings. The summed E-state index contributed by atoms with van der Waals surface area (Å²) >= 11 is 0. The second-order valence-electron chi connectivity index (χ2n) is 15.1. The molecule has 0 radical (unpaired) electrons. The molecule has 15 nitrogen and oxygen atoms in total. The first kappa shape index (κ1) is 52.5. The SMILES string of the molecule is C=CC(=O)OCCCCCCOc1ccc(C(=O)Oc2ccc(OC(=O)c3ccc(OCCCCCCOC(=O)C=C)cc3)c(C(=O)OCCCCCCCC(=O)OCc3ccco3)c2)cc1. The van der Waals surface area contributed by atoms with Crippen molar-refractivity contribution in [2.75, 3.05) is 33.0 Å². The summed E-state index contributed by atoms with van der Waals surface area (Å²) in [6.07, 6.45) is 14.2. The molecule has 0 atom stereocenters. The van der Waals surface area contributed by atoms with E-state index in [-0.39, 0.29) is 53.8 Å². The second kappa shape index (κ2) is 30.9. The number of carbonyl (C=O) groups is 6. The minimum Gasteiger partial charge on any atom is -0.494 e. The van der Waals surface area contributed by atoms with Crippen molar-refractivity contribution in [2.45, 2.75) is 96.5 Å². The number of rotatable bonds is 33. The largest absolute Gasteiger partial charge is 0.494 e. The van der Waals surface area contributed by atoms with Crippen LogP contribution in [0.2, 0.25) is 0 Å². The zero-order valence-corrected chi connectivity index (χ0v) is 37.9. The third-order valence-electron chi connectivity index (χ3n) is 9.91. The second-order valence-corrected chi connectivity index (χ2v) is 15.1. The molecule has 0 spiro atoms. The Balaban J connectivity index is 1.28. The monoisotopic (exact) mass is 924 g/mol. The van der Waals surface area contributed by atoms with Crippen LogP contribution in [0.15, 0.2) is 115 Å². The number of ether oxygens (including phenoxy) is 8. The molecule has 4 rings (SSSR count). The lowest BCUT2D eigenvalue weighted by atomic mass is 10.1. The highest BCUT2D eigenvalue weighted by Gasteiger charge is 2.21. The Hall–Kier alpha value is -7.16. The van der Waals surface area contributed by atoms with E-state index in [1.54, 1.807) is 60.7 Å². The molecule has 0 saturated carbocycles. The fourth-order valence-corrected chi connectivity index (χ4v) is 6.24. The Morgan fingerprint density at radius 1 is 0.478 bits per heavy atom. The summed E-state index contributed by atoms with van der Waals surface area (Å²) in [6, 6.07) is 20.4. The van der Waals surface area contributed by atoms with E-state index in [9.17, 15) is 28.8 Å². The molecular formula is C52H60O15. The van der Waals surface area contributed by atoms with E-state index < -0.39 is 29.8 Å². The van der Waals surface area contributed by atoms with Gasteiger partial charge in [-0.1, -0.05) is 32.4 Å². The van der Waals surface area contributed by atoms with Gasteiger partial charge in [0.1, 0.15) is 40.9 Å². The summed E-state index contributed by atoms with van der Waals surface area (Å²) in [5.74, 6) is -1.72. The first-order valence-electron chi connectivity index (χ1n) is 22.6. The standard InChI is InChI=1S/C52H60O15/c1-3-47(53)62-33-15-10-8-13-31-59-41-25-21-39(22-26-41)50(56)66-43-29-30-46(67-51(57)40-23-27-42(28-24-40)60-32-14-9-11-16-34-63-48(54)4-2)45(37-43)52(58)64-35-17-7-5-6-12-20-49(55)65-38-44-19-18-36-61-44/h3-4,18-19,21-30,36-37H,1-2,5-17,20,31-35,38H2. The molecule has 0 bridgehead atoms. The van der Waals surface area contributed by atoms with Gasteiger partial charge in [-0.05, 0) is 143 Å². The number of hydrogen-bond acceptors (Lipinski definition) is 15. The predicted molar refractivity (Wildman–Crippen MR) is 246 cm³/mol. The van der Waals surface area contributed by atoms with Crippen molar-refractivity contribution >= 4 is 35.8 Å². The average Bonchev–Trinajstić information content (AvgIpc) is 3.88. The Bertz CT molecular complexity index is 2160. The molecule has 15 heteroatoms. The molecule has 358 valence electrons. The molecule has 3 aromatic carbocycles. The molecule has 4 aromatic rings. The molecule has 0 aliphatic heterocycles. The van der Waals surface area contributed by atoms with E-state index in [0.29, 0.717) is 56.5 Å². The lowest BCUT2D eigenvalue weighted by molar-refractivity contribution is -0.145. The third-order valence-corrected chi connectivity index (χ3v) is 9.91. The molecule has 0 amide bonds. The van der Waals surface area contributed by atoms with Gasteiger partial charge in [-0.3, -0.25) is 4.79 Å². The summed E-state index contributed by atoms with van der Waals surface area (Å²) < 4.78 is 48.8. The predicted octanol–water partition coefficient (Wildman–Crippen LogP) is 10.3. The maximum absolute atomic E-state index is 13.5. The van der Waals surface area contributed by atoms with Crippen molar-refractivity contribution in [1.29, 1.82) is 0 Å². The van der Waals surface area contributed by atoms with Crippen molar-refractivity contribution in [2.24, 2.45) is 0 Å². The van der Waals surface area contributed by atoms with Crippen molar-refractivity contribution in [3.05, 3.63) is 133 Å². The molecular weight excluding hydrogens is 865 g/mol. The number of esters is 6. The first-order chi connectivity index (χ1) is 32.6. The quantitative estimate of drug-likeness (QED) is 0.0144. The van der Waals surface area contributed by atoms with Crippen molar-refractivity contribution in [1.82, 2.24) is 0 Å². The van der Waals surface area contributed by atoms with Crippen LogP contribution in [0.4, 0.5) is 0 Å². The third kappa shape index (κ3) is 21.1. The van der Waals surface area contributed by atoms with Crippen LogP contribution in [0.5, 0.6) is 23.0 Å². The summed E-state index contributed by atoms with van der Waals surface area (Å²) in [7, 11) is 0. The number of furan rings is 1. The minimum atomic E-state index is -0.779. The van der Waals surface area contributed by atoms with Crippen LogP contribution in [0.25, 0.3) is 0 Å². The molecule has 1 aromatic heterocycles. The van der Waals surface area contributed by atoms with Crippen LogP contribution in [-0.4, -0.2) is 68.9 Å². The van der Waals surface area contributed by atoms with Crippen LogP contribution < -0.4 is 18.9 Å². The van der Waals surface area contributed by atoms with Gasteiger partial charge in [-0.15, -0.1) is 0 Å². The highest BCUT2D eigenvalue weighted by molar-refractivity contribution is 5.97. The normalized spacial score (nSPS) is 10.6. The van der Waals surface area contributed by atoms with E-state index in [1.165, 1.54) is 24.5 Å². The van der Waals surface area contributed by atoms with Crippen LogP contribution in [0.1, 0.15) is 127 Å². The van der Waals surface area contributed by atoms with E-state index in [2.05, 4.69) is 13.2 Å². The maximum atomic E-state index is 13.5. The highest BCUT2D eigenvalue weighted by atomic mass is 16.6. The lowest BCUT2D eigenvalue weighted by Crippen LogP contribution is -2.14. The number of carbonyl (C=O) groups excluding carboxylic acids is 6. The van der Waals surface area contributed by atoms with Crippen LogP contribution in [-0.2, 0) is 39.9 Å². The van der Waals surface area contributed by atoms with Crippen molar-refractivity contribution in [3.63, 3.8) is 0 Å². The first-order valence-corrected chi connectivity index (χ1v) is 22.6. The maximum Gasteiger partial charge on any atom is 0.343 e. The zero-order valence-electron chi connectivity index (χ0n) is 37.9. The molecule has 0 aliphatic rings. The molecule has 0 saturated heterocycles. The summed E-state index contributed by atoms with van der Waals surface area (Å²) in [6.45, 7) is 8.55. The van der Waals surface area contributed by atoms with Crippen molar-refractivity contribution in [3.8, 4) is 23.0 Å². The van der Waals surface area contributed by atoms with Gasteiger partial charge in [0.25, 0.3) is 0 Å². The van der Waals surface area contributed by atoms with Gasteiger partial charge in [-0.2, -0.15) is 0 Å². The molecule has 0 aliphatic carbocycles. The van der Waals surface area contributed by atoms with Crippen molar-refractivity contribution < 1.29 is 71.1 Å². The average molecular weight is 925 g/mol. The van der Waals surface area contributed by atoms with Gasteiger partial charge < -0.3 is 42.3 Å². The van der Waals surface area contributed by atoms with Crippen LogP contribution in [0.3, 0.4) is 0 Å². The van der Waals surface area contributed by atoms with Gasteiger partial charge in [0.15, 0.2) is 0 Å². The van der Waals surface area contributed by atoms with Gasteiger partial charge in [0, 0.05) is 18.6 Å². The molecule has 67 heavy (non-hydrogen) atoms. The molecule has 1 heterocycles. The van der Waals surface area contributed by atoms with E-state index >= 15 is 0 Å². The molecule has 0 N–H and O–H groups in total. The fourth-order valence-electron chi connectivity index (χ4n) is 6.24. The summed E-state index contributed by atoms with van der Waals surface area (Å²) in [5, 5.41) is 0. The number of hydrogen-bond donors (Lipinski definition) is 0. The summed E-state index contributed by atoms with van der Waals surface area (Å²) in [4.78, 5) is 74.2. The van der Waals surface area contributed by atoms with Crippen LogP contribution in [0, 0.1) is 0 Å². The Kier molecular flexibility index (Phi) is 24.2. The number of unbranched alkanes of at least 4 members (excludes halogenated alkanes) is 10. The van der Waals surface area contributed by atoms with Gasteiger partial charge in [0.05, 0.1) is 50.4 Å². The lowest BCUT2D eigenvalue weighted by Gasteiger charge is -2.13. The van der Waals surface area contributed by atoms with Gasteiger partial charge in [0.2, 0.25) is 0 Å². The Morgan fingerprint density at radius 3 is 1.48 bits per heavy atom. The van der Waals surface area contributed by atoms with E-state index in [0.717, 1.165) is 82.8 Å². The smallest absolute Gasteiger partial charge is 0.343 e.